The van der Waals surface area contributed by atoms with Gasteiger partial charge in [-0.25, -0.2) is 4.98 Å². The van der Waals surface area contributed by atoms with Crippen LogP contribution in [0, 0.1) is 0 Å². The van der Waals surface area contributed by atoms with E-state index in [0.717, 1.165) is 15.8 Å². The second kappa shape index (κ2) is 4.82. The van der Waals surface area contributed by atoms with Crippen LogP contribution in [0.1, 0.15) is 5.01 Å². The van der Waals surface area contributed by atoms with Crippen LogP contribution in [0.15, 0.2) is 40.7 Å². The normalized spacial score (nSPS) is 10.4. The van der Waals surface area contributed by atoms with E-state index in [2.05, 4.69) is 11.1 Å². The molecular weight excluding hydrogens is 234 g/mol. The fourth-order valence-corrected chi connectivity index (χ4v) is 2.88. The van der Waals surface area contributed by atoms with E-state index in [1.54, 1.807) is 23.1 Å². The standard InChI is InChI=1S/C10H8ClNS2/c11-8-2-1-3-9(6-8)14-7-10-12-4-5-13-10/h1-6H,7H2. The first-order valence-corrected chi connectivity index (χ1v) is 6.35. The minimum Gasteiger partial charge on any atom is -0.249 e. The summed E-state index contributed by atoms with van der Waals surface area (Å²) in [4.78, 5) is 5.41. The average Bonchev–Trinajstić information content (AvgIpc) is 2.67. The van der Waals surface area contributed by atoms with Crippen molar-refractivity contribution in [1.29, 1.82) is 0 Å². The summed E-state index contributed by atoms with van der Waals surface area (Å²) in [6.07, 6.45) is 1.83. The fraction of sp³-hybridized carbons (Fsp3) is 0.100. The van der Waals surface area contributed by atoms with E-state index in [4.69, 9.17) is 11.6 Å². The quantitative estimate of drug-likeness (QED) is 0.751. The third-order valence-corrected chi connectivity index (χ3v) is 3.84. The fourth-order valence-electron chi connectivity index (χ4n) is 1.03. The molecule has 0 spiro atoms. The lowest BCUT2D eigenvalue weighted by molar-refractivity contribution is 1.26. The molecule has 0 amide bonds. The minimum atomic E-state index is 0.786. The van der Waals surface area contributed by atoms with E-state index in [1.807, 2.05) is 29.8 Å². The van der Waals surface area contributed by atoms with Crippen molar-refractivity contribution < 1.29 is 0 Å². The monoisotopic (exact) mass is 241 g/mol. The van der Waals surface area contributed by atoms with Gasteiger partial charge in [0.05, 0.1) is 5.75 Å². The van der Waals surface area contributed by atoms with E-state index in [-0.39, 0.29) is 0 Å². The highest BCUT2D eigenvalue weighted by Gasteiger charge is 1.98. The van der Waals surface area contributed by atoms with Crippen molar-refractivity contribution in [3.8, 4) is 0 Å². The second-order valence-corrected chi connectivity index (χ2v) is 5.14. The van der Waals surface area contributed by atoms with Crippen LogP contribution in [0.2, 0.25) is 5.02 Å². The van der Waals surface area contributed by atoms with Gasteiger partial charge in [0.15, 0.2) is 0 Å². The summed E-state index contributed by atoms with van der Waals surface area (Å²) in [7, 11) is 0. The van der Waals surface area contributed by atoms with Crippen LogP contribution in [-0.4, -0.2) is 4.98 Å². The van der Waals surface area contributed by atoms with Gasteiger partial charge in [0, 0.05) is 21.5 Å². The number of nitrogens with zero attached hydrogens (tertiary/aromatic N) is 1. The predicted molar refractivity (Wildman–Crippen MR) is 63.1 cm³/mol. The molecule has 2 rings (SSSR count). The molecule has 14 heavy (non-hydrogen) atoms. The zero-order valence-corrected chi connectivity index (χ0v) is 9.70. The Morgan fingerprint density at radius 2 is 2.36 bits per heavy atom. The van der Waals surface area contributed by atoms with E-state index in [9.17, 15) is 0 Å². The lowest BCUT2D eigenvalue weighted by Crippen LogP contribution is -1.77. The maximum Gasteiger partial charge on any atom is 0.103 e. The van der Waals surface area contributed by atoms with Gasteiger partial charge in [-0.1, -0.05) is 17.7 Å². The Morgan fingerprint density at radius 1 is 1.43 bits per heavy atom. The van der Waals surface area contributed by atoms with Crippen LogP contribution < -0.4 is 0 Å². The molecule has 0 unspecified atom stereocenters. The maximum absolute atomic E-state index is 5.88. The third-order valence-electron chi connectivity index (χ3n) is 1.64. The van der Waals surface area contributed by atoms with Crippen molar-refractivity contribution in [2.45, 2.75) is 10.6 Å². The van der Waals surface area contributed by atoms with Crippen LogP contribution >= 0.6 is 34.7 Å². The third kappa shape index (κ3) is 2.74. The molecule has 0 radical (unpaired) electrons. The van der Waals surface area contributed by atoms with E-state index in [1.165, 1.54) is 4.90 Å². The highest BCUT2D eigenvalue weighted by atomic mass is 35.5. The molecule has 0 aliphatic rings. The molecule has 0 fully saturated rings. The molecule has 1 nitrogen and oxygen atoms in total. The number of halogens is 1. The van der Waals surface area contributed by atoms with Gasteiger partial charge in [-0.2, -0.15) is 0 Å². The van der Waals surface area contributed by atoms with Crippen molar-refractivity contribution in [2.75, 3.05) is 0 Å². The molecule has 4 heteroatoms. The van der Waals surface area contributed by atoms with Gasteiger partial charge in [-0.3, -0.25) is 0 Å². The van der Waals surface area contributed by atoms with Gasteiger partial charge in [0.1, 0.15) is 5.01 Å². The summed E-state index contributed by atoms with van der Waals surface area (Å²) >= 11 is 9.32. The molecule has 72 valence electrons. The highest BCUT2D eigenvalue weighted by Crippen LogP contribution is 2.25. The van der Waals surface area contributed by atoms with Crippen molar-refractivity contribution >= 4 is 34.7 Å². The average molecular weight is 242 g/mol. The van der Waals surface area contributed by atoms with Gasteiger partial charge in [0.25, 0.3) is 0 Å². The van der Waals surface area contributed by atoms with Gasteiger partial charge in [-0.05, 0) is 18.2 Å². The molecule has 1 aromatic carbocycles. The summed E-state index contributed by atoms with van der Waals surface area (Å²) in [5, 5.41) is 3.93. The van der Waals surface area contributed by atoms with Crippen LogP contribution in [0.3, 0.4) is 0 Å². The van der Waals surface area contributed by atoms with Gasteiger partial charge in [-0.15, -0.1) is 23.1 Å². The Labute approximate surface area is 96.1 Å². The molecule has 0 aliphatic heterocycles. The van der Waals surface area contributed by atoms with E-state index in [0.29, 0.717) is 0 Å². The number of rotatable bonds is 3. The number of thiazole rings is 1. The van der Waals surface area contributed by atoms with Crippen LogP contribution in [0.25, 0.3) is 0 Å². The molecule has 0 N–H and O–H groups in total. The summed E-state index contributed by atoms with van der Waals surface area (Å²) in [6.45, 7) is 0. The predicted octanol–water partition coefficient (Wildman–Crippen LogP) is 4.09. The topological polar surface area (TPSA) is 12.9 Å². The van der Waals surface area contributed by atoms with Crippen LogP contribution in [0.4, 0.5) is 0 Å². The van der Waals surface area contributed by atoms with Gasteiger partial charge in [0.2, 0.25) is 0 Å². The largest absolute Gasteiger partial charge is 0.249 e. The molecule has 0 bridgehead atoms. The number of benzene rings is 1. The first-order chi connectivity index (χ1) is 6.84. The molecule has 1 heterocycles. The minimum absolute atomic E-state index is 0.786. The Bertz CT molecular complexity index is 400. The zero-order chi connectivity index (χ0) is 9.80. The summed E-state index contributed by atoms with van der Waals surface area (Å²) in [6, 6.07) is 7.88. The molecular formula is C10H8ClNS2. The summed E-state index contributed by atoms with van der Waals surface area (Å²) < 4.78 is 0. The van der Waals surface area contributed by atoms with Crippen molar-refractivity contribution in [3.05, 3.63) is 45.9 Å². The summed E-state index contributed by atoms with van der Waals surface area (Å²) in [5.74, 6) is 0.915. The number of aromatic nitrogens is 1. The van der Waals surface area contributed by atoms with Crippen molar-refractivity contribution in [3.63, 3.8) is 0 Å². The molecule has 0 aliphatic carbocycles. The number of hydrogen-bond acceptors (Lipinski definition) is 3. The zero-order valence-electron chi connectivity index (χ0n) is 7.31. The van der Waals surface area contributed by atoms with Crippen LogP contribution in [-0.2, 0) is 5.75 Å². The highest BCUT2D eigenvalue weighted by molar-refractivity contribution is 7.98. The Hall–Kier alpha value is -0.510. The van der Waals surface area contributed by atoms with Crippen LogP contribution in [0.5, 0.6) is 0 Å². The molecule has 2 aromatic rings. The first-order valence-electron chi connectivity index (χ1n) is 4.11. The Balaban J connectivity index is 1.98. The molecule has 0 saturated carbocycles. The van der Waals surface area contributed by atoms with Gasteiger partial charge < -0.3 is 0 Å². The SMILES string of the molecule is Clc1cccc(SCc2nccs2)c1. The smallest absolute Gasteiger partial charge is 0.103 e. The molecule has 0 saturated heterocycles. The number of hydrogen-bond donors (Lipinski definition) is 0. The maximum atomic E-state index is 5.88. The number of thioether (sulfide) groups is 1. The van der Waals surface area contributed by atoms with Gasteiger partial charge >= 0.3 is 0 Å². The van der Waals surface area contributed by atoms with E-state index < -0.39 is 0 Å². The molecule has 1 aromatic heterocycles. The molecule has 0 atom stereocenters. The first kappa shape index (κ1) is 10.0. The van der Waals surface area contributed by atoms with Crippen molar-refractivity contribution in [2.24, 2.45) is 0 Å². The van der Waals surface area contributed by atoms with E-state index >= 15 is 0 Å². The lowest BCUT2D eigenvalue weighted by Gasteiger charge is -1.98. The second-order valence-electron chi connectivity index (χ2n) is 2.67. The Morgan fingerprint density at radius 3 is 3.07 bits per heavy atom. The van der Waals surface area contributed by atoms with Crippen molar-refractivity contribution in [1.82, 2.24) is 4.98 Å². The summed E-state index contributed by atoms with van der Waals surface area (Å²) in [5.41, 5.74) is 0. The Kier molecular flexibility index (Phi) is 3.45. The lowest BCUT2D eigenvalue weighted by atomic mass is 10.4.